The fourth-order valence-corrected chi connectivity index (χ4v) is 5.33. The van der Waals surface area contributed by atoms with Crippen molar-refractivity contribution in [1.82, 2.24) is 0 Å². The standard InChI is InChI=1S/C17H25NS/c1-12-10-16(19-11-13-6-2-3-7-13)17(18)15-9-5-4-8-14(12)15/h4-5,8-9,12-13,16-17H,2-3,6-7,10-11,18H2,1H3. The van der Waals surface area contributed by atoms with E-state index < -0.39 is 0 Å². The van der Waals surface area contributed by atoms with E-state index in [1.165, 1.54) is 49.0 Å². The topological polar surface area (TPSA) is 26.0 Å². The van der Waals surface area contributed by atoms with Crippen molar-refractivity contribution in [3.8, 4) is 0 Å². The molecule has 2 heteroatoms. The molecular weight excluding hydrogens is 250 g/mol. The molecule has 2 aliphatic rings. The molecule has 0 aliphatic heterocycles. The summed E-state index contributed by atoms with van der Waals surface area (Å²) in [6.45, 7) is 2.36. The molecule has 1 saturated carbocycles. The predicted molar refractivity (Wildman–Crippen MR) is 84.6 cm³/mol. The molecule has 0 saturated heterocycles. The van der Waals surface area contributed by atoms with E-state index in [1.54, 1.807) is 0 Å². The minimum absolute atomic E-state index is 0.235. The molecule has 2 aliphatic carbocycles. The average molecular weight is 275 g/mol. The van der Waals surface area contributed by atoms with Gasteiger partial charge in [-0.05, 0) is 48.0 Å². The molecule has 19 heavy (non-hydrogen) atoms. The van der Waals surface area contributed by atoms with Crippen LogP contribution in [0.25, 0.3) is 0 Å². The highest BCUT2D eigenvalue weighted by molar-refractivity contribution is 7.99. The normalized spacial score (nSPS) is 31.4. The third kappa shape index (κ3) is 2.85. The maximum Gasteiger partial charge on any atom is 0.0418 e. The van der Waals surface area contributed by atoms with Crippen LogP contribution in [0.5, 0.6) is 0 Å². The highest BCUT2D eigenvalue weighted by atomic mass is 32.2. The smallest absolute Gasteiger partial charge is 0.0418 e. The van der Waals surface area contributed by atoms with Gasteiger partial charge in [-0.3, -0.25) is 0 Å². The fourth-order valence-electron chi connectivity index (χ4n) is 3.69. The Bertz CT molecular complexity index is 425. The summed E-state index contributed by atoms with van der Waals surface area (Å²) in [5, 5.41) is 0.616. The minimum atomic E-state index is 0.235. The summed E-state index contributed by atoms with van der Waals surface area (Å²) in [4.78, 5) is 0. The van der Waals surface area contributed by atoms with Crippen molar-refractivity contribution in [3.05, 3.63) is 35.4 Å². The number of benzene rings is 1. The second kappa shape index (κ2) is 5.88. The molecule has 0 amide bonds. The Morgan fingerprint density at radius 3 is 2.58 bits per heavy atom. The van der Waals surface area contributed by atoms with Crippen molar-refractivity contribution >= 4 is 11.8 Å². The van der Waals surface area contributed by atoms with Gasteiger partial charge in [-0.1, -0.05) is 44.0 Å². The van der Waals surface area contributed by atoms with Crippen LogP contribution in [0.2, 0.25) is 0 Å². The molecule has 1 aromatic rings. The van der Waals surface area contributed by atoms with Gasteiger partial charge in [0.2, 0.25) is 0 Å². The summed E-state index contributed by atoms with van der Waals surface area (Å²) in [6.07, 6.45) is 7.03. The lowest BCUT2D eigenvalue weighted by molar-refractivity contribution is 0.524. The molecule has 2 N–H and O–H groups in total. The lowest BCUT2D eigenvalue weighted by Gasteiger charge is -2.35. The molecule has 104 valence electrons. The highest BCUT2D eigenvalue weighted by Gasteiger charge is 2.31. The van der Waals surface area contributed by atoms with Crippen LogP contribution in [0.1, 0.15) is 62.1 Å². The van der Waals surface area contributed by atoms with Crippen molar-refractivity contribution in [3.63, 3.8) is 0 Å². The van der Waals surface area contributed by atoms with Gasteiger partial charge in [-0.15, -0.1) is 0 Å². The van der Waals surface area contributed by atoms with Crippen LogP contribution in [0, 0.1) is 5.92 Å². The first-order chi connectivity index (χ1) is 9.25. The van der Waals surface area contributed by atoms with Crippen LogP contribution in [0.15, 0.2) is 24.3 Å². The van der Waals surface area contributed by atoms with E-state index in [1.807, 2.05) is 0 Å². The average Bonchev–Trinajstić information content (AvgIpc) is 2.95. The van der Waals surface area contributed by atoms with Gasteiger partial charge in [0.15, 0.2) is 0 Å². The van der Waals surface area contributed by atoms with Crippen LogP contribution in [0.4, 0.5) is 0 Å². The molecule has 1 nitrogen and oxygen atoms in total. The fraction of sp³-hybridized carbons (Fsp3) is 0.647. The summed E-state index contributed by atoms with van der Waals surface area (Å²) in [5.41, 5.74) is 9.39. The van der Waals surface area contributed by atoms with Gasteiger partial charge < -0.3 is 5.73 Å². The highest BCUT2D eigenvalue weighted by Crippen LogP contribution is 2.42. The van der Waals surface area contributed by atoms with Crippen molar-refractivity contribution in [2.24, 2.45) is 11.7 Å². The van der Waals surface area contributed by atoms with Gasteiger partial charge in [-0.25, -0.2) is 0 Å². The maximum atomic E-state index is 6.52. The monoisotopic (exact) mass is 275 g/mol. The Balaban J connectivity index is 1.67. The Morgan fingerprint density at radius 2 is 1.84 bits per heavy atom. The zero-order valence-corrected chi connectivity index (χ0v) is 12.7. The zero-order chi connectivity index (χ0) is 13.2. The SMILES string of the molecule is CC1CC(SCC2CCCC2)C(N)c2ccccc21. The van der Waals surface area contributed by atoms with Gasteiger partial charge >= 0.3 is 0 Å². The number of thioether (sulfide) groups is 1. The summed E-state index contributed by atoms with van der Waals surface area (Å²) in [6, 6.07) is 9.01. The lowest BCUT2D eigenvalue weighted by atomic mass is 9.81. The number of hydrogen-bond donors (Lipinski definition) is 1. The van der Waals surface area contributed by atoms with Gasteiger partial charge in [0.1, 0.15) is 0 Å². The second-order valence-electron chi connectivity index (χ2n) is 6.31. The molecule has 3 atom stereocenters. The molecule has 0 radical (unpaired) electrons. The molecule has 0 heterocycles. The van der Waals surface area contributed by atoms with Gasteiger partial charge in [-0.2, -0.15) is 11.8 Å². The first-order valence-electron chi connectivity index (χ1n) is 7.71. The Kier molecular flexibility index (Phi) is 4.18. The van der Waals surface area contributed by atoms with Crippen LogP contribution < -0.4 is 5.73 Å². The number of fused-ring (bicyclic) bond motifs is 1. The van der Waals surface area contributed by atoms with Crippen molar-refractivity contribution in [2.75, 3.05) is 5.75 Å². The number of nitrogens with two attached hydrogens (primary N) is 1. The van der Waals surface area contributed by atoms with E-state index in [-0.39, 0.29) is 6.04 Å². The summed E-state index contributed by atoms with van der Waals surface area (Å²) >= 11 is 2.15. The number of rotatable bonds is 3. The van der Waals surface area contributed by atoms with Crippen LogP contribution >= 0.6 is 11.8 Å². The summed E-state index contributed by atoms with van der Waals surface area (Å²) < 4.78 is 0. The number of hydrogen-bond acceptors (Lipinski definition) is 2. The van der Waals surface area contributed by atoms with E-state index in [0.29, 0.717) is 11.2 Å². The van der Waals surface area contributed by atoms with E-state index in [2.05, 4.69) is 43.0 Å². The third-order valence-corrected chi connectivity index (χ3v) is 6.47. The molecule has 3 rings (SSSR count). The second-order valence-corrected chi connectivity index (χ2v) is 7.59. The molecular formula is C17H25NS. The minimum Gasteiger partial charge on any atom is -0.323 e. The summed E-state index contributed by atoms with van der Waals surface area (Å²) in [7, 11) is 0. The molecule has 0 aromatic heterocycles. The van der Waals surface area contributed by atoms with Crippen LogP contribution in [-0.2, 0) is 0 Å². The van der Waals surface area contributed by atoms with Gasteiger partial charge in [0.05, 0.1) is 0 Å². The van der Waals surface area contributed by atoms with E-state index >= 15 is 0 Å². The zero-order valence-electron chi connectivity index (χ0n) is 11.8. The van der Waals surface area contributed by atoms with Gasteiger partial charge in [0.25, 0.3) is 0 Å². The Morgan fingerprint density at radius 1 is 1.16 bits per heavy atom. The quantitative estimate of drug-likeness (QED) is 0.880. The van der Waals surface area contributed by atoms with Crippen molar-refractivity contribution in [2.45, 2.75) is 56.2 Å². The van der Waals surface area contributed by atoms with Crippen LogP contribution in [0.3, 0.4) is 0 Å². The molecule has 1 fully saturated rings. The predicted octanol–water partition coefficient (Wildman–Crippen LogP) is 4.49. The van der Waals surface area contributed by atoms with Crippen molar-refractivity contribution in [1.29, 1.82) is 0 Å². The first kappa shape index (κ1) is 13.5. The van der Waals surface area contributed by atoms with E-state index in [4.69, 9.17) is 5.73 Å². The van der Waals surface area contributed by atoms with Crippen molar-refractivity contribution < 1.29 is 0 Å². The third-order valence-electron chi connectivity index (χ3n) is 4.89. The lowest BCUT2D eigenvalue weighted by Crippen LogP contribution is -2.31. The van der Waals surface area contributed by atoms with Gasteiger partial charge in [0, 0.05) is 11.3 Å². The molecule has 0 bridgehead atoms. The van der Waals surface area contributed by atoms with Crippen LogP contribution in [-0.4, -0.2) is 11.0 Å². The Labute approximate surface area is 121 Å². The van der Waals surface area contributed by atoms with E-state index in [9.17, 15) is 0 Å². The molecule has 1 aromatic carbocycles. The Hall–Kier alpha value is -0.470. The summed E-state index contributed by atoms with van der Waals surface area (Å²) in [5.74, 6) is 2.95. The van der Waals surface area contributed by atoms with E-state index in [0.717, 1.165) is 5.92 Å². The molecule has 0 spiro atoms. The molecule has 3 unspecified atom stereocenters. The largest absolute Gasteiger partial charge is 0.323 e. The maximum absolute atomic E-state index is 6.52. The first-order valence-corrected chi connectivity index (χ1v) is 8.76.